The first-order valence-electron chi connectivity index (χ1n) is 32.9. The third kappa shape index (κ3) is 12.8. The Hall–Kier alpha value is -8.84. The van der Waals surface area contributed by atoms with Gasteiger partial charge < -0.3 is 89.8 Å². The second kappa shape index (κ2) is 28.8. The van der Waals surface area contributed by atoms with E-state index < -0.39 is 208 Å². The number of carbonyl (C=O) groups excluding carboxylic acids is 9. The van der Waals surface area contributed by atoms with E-state index in [9.17, 15) is 79.2 Å². The van der Waals surface area contributed by atoms with Crippen LogP contribution in [0.1, 0.15) is 156 Å². The zero-order chi connectivity index (χ0) is 73.3. The van der Waals surface area contributed by atoms with E-state index in [0.717, 1.165) is 13.8 Å². The number of aliphatic hydroxyl groups excluding tert-OH is 4. The highest BCUT2D eigenvalue weighted by molar-refractivity contribution is 6.31. The van der Waals surface area contributed by atoms with Gasteiger partial charge in [-0.1, -0.05) is 92.7 Å². The molecular formula is C74H81ClN2O25. The van der Waals surface area contributed by atoms with Gasteiger partial charge in [-0.05, 0) is 67.8 Å². The molecule has 544 valence electrons. The Morgan fingerprint density at radius 2 is 1.37 bits per heavy atom. The van der Waals surface area contributed by atoms with Crippen LogP contribution in [0.5, 0.6) is 17.2 Å². The van der Waals surface area contributed by atoms with Gasteiger partial charge in [0.25, 0.3) is 5.91 Å². The van der Waals surface area contributed by atoms with Crippen LogP contribution in [0, 0.1) is 16.7 Å². The molecule has 0 spiro atoms. The highest BCUT2D eigenvalue weighted by atomic mass is 35.5. The number of amides is 1. The summed E-state index contributed by atoms with van der Waals surface area (Å²) in [5, 5.41) is 93.9. The van der Waals surface area contributed by atoms with Crippen molar-refractivity contribution in [3.8, 4) is 17.2 Å². The van der Waals surface area contributed by atoms with E-state index in [-0.39, 0.29) is 82.1 Å². The van der Waals surface area contributed by atoms with Crippen LogP contribution >= 0.6 is 12.4 Å². The highest BCUT2D eigenvalue weighted by Crippen LogP contribution is 2.65. The fourth-order valence-electron chi connectivity index (χ4n) is 15.9. The number of hydrogen-bond donors (Lipinski definition) is 10. The SMILES string of the molecule is CC(=O)O[C@H]1C(=O)[C@@]2(C)[C@H]([C@H](OC(=O)c3ccccc3)[C@]3(O)C[C@H](OC(=O)[C@H](O)[C@@H](NC(=O)c4ccccc4)c4ccccc4)C(C)=C1C3(C)C)[C@]1(OC(C)=O)CO[C@@H]1C[C@@H]2O.COc1cccc2c1C(=O)c1c(O)c3c(c(O)c1C2=O)C[C@@](O)(C(=O)CO)C[C@@H]3O[C@H]1C[C@H](N)[C@@H](O)[C@H](C)O1.Cl. The number of fused-ring (bicyclic) bond motifs is 8. The molecule has 17 atom stereocenters. The number of nitrogens with one attached hydrogen (secondary N) is 1. The maximum atomic E-state index is 15.5. The van der Waals surface area contributed by atoms with Crippen molar-refractivity contribution >= 4 is 65.3 Å². The van der Waals surface area contributed by atoms with Crippen LogP contribution in [0.4, 0.5) is 0 Å². The van der Waals surface area contributed by atoms with Crippen LogP contribution in [-0.2, 0) is 63.6 Å². The molecule has 2 saturated heterocycles. The summed E-state index contributed by atoms with van der Waals surface area (Å²) >= 11 is 0. The van der Waals surface area contributed by atoms with Crippen LogP contribution < -0.4 is 15.8 Å². The number of aliphatic hydroxyl groups is 6. The molecule has 102 heavy (non-hydrogen) atoms. The van der Waals surface area contributed by atoms with E-state index in [2.05, 4.69) is 5.32 Å². The molecule has 28 heteroatoms. The molecule has 5 aliphatic carbocycles. The topological polar surface area (TPSA) is 427 Å². The molecule has 2 bridgehead atoms. The van der Waals surface area contributed by atoms with Crippen LogP contribution in [0.25, 0.3) is 0 Å². The van der Waals surface area contributed by atoms with Gasteiger partial charge in [0.15, 0.2) is 41.4 Å². The van der Waals surface area contributed by atoms with Gasteiger partial charge in [0.05, 0.1) is 77.8 Å². The average molecular weight is 1430 g/mol. The molecule has 27 nitrogen and oxygen atoms in total. The van der Waals surface area contributed by atoms with Gasteiger partial charge in [0.1, 0.15) is 53.4 Å². The van der Waals surface area contributed by atoms with Crippen molar-refractivity contribution in [1.82, 2.24) is 5.32 Å². The number of ketones is 4. The molecule has 2 saturated carbocycles. The monoisotopic (exact) mass is 1430 g/mol. The van der Waals surface area contributed by atoms with E-state index in [1.54, 1.807) is 99.6 Å². The van der Waals surface area contributed by atoms with E-state index in [0.29, 0.717) is 5.56 Å². The molecule has 0 aromatic heterocycles. The molecule has 0 radical (unpaired) electrons. The number of esters is 4. The number of halogens is 1. The van der Waals surface area contributed by atoms with Crippen LogP contribution in [0.15, 0.2) is 120 Å². The summed E-state index contributed by atoms with van der Waals surface area (Å²) in [5.74, 6) is -10.6. The zero-order valence-electron chi connectivity index (χ0n) is 56.9. The summed E-state index contributed by atoms with van der Waals surface area (Å²) in [6.45, 7) is 8.53. The predicted molar refractivity (Wildman–Crippen MR) is 357 cm³/mol. The van der Waals surface area contributed by atoms with Gasteiger partial charge in [0, 0.05) is 79.7 Å². The number of ether oxygens (including phenoxy) is 8. The van der Waals surface area contributed by atoms with Crippen molar-refractivity contribution in [2.75, 3.05) is 20.3 Å². The summed E-state index contributed by atoms with van der Waals surface area (Å²) in [4.78, 5) is 123. The second-order valence-electron chi connectivity index (χ2n) is 27.5. The largest absolute Gasteiger partial charge is 0.507 e. The molecule has 2 aliphatic heterocycles. The lowest BCUT2D eigenvalue weighted by molar-refractivity contribution is -0.346. The fourth-order valence-corrected chi connectivity index (χ4v) is 15.9. The first-order chi connectivity index (χ1) is 47.7. The Morgan fingerprint density at radius 1 is 0.755 bits per heavy atom. The molecule has 5 aromatic carbocycles. The van der Waals surface area contributed by atoms with Crippen LogP contribution in [-0.4, -0.2) is 192 Å². The van der Waals surface area contributed by atoms with E-state index >= 15 is 4.79 Å². The van der Waals surface area contributed by atoms with Gasteiger partial charge in [-0.25, -0.2) is 9.59 Å². The van der Waals surface area contributed by atoms with Crippen molar-refractivity contribution in [3.63, 3.8) is 0 Å². The minimum absolute atomic E-state index is 0. The molecule has 0 unspecified atom stereocenters. The normalized spacial score (nSPS) is 30.8. The lowest BCUT2D eigenvalue weighted by Crippen LogP contribution is -2.82. The van der Waals surface area contributed by atoms with E-state index in [4.69, 9.17) is 43.6 Å². The van der Waals surface area contributed by atoms with Gasteiger partial charge in [0.2, 0.25) is 5.78 Å². The summed E-state index contributed by atoms with van der Waals surface area (Å²) < 4.78 is 47.3. The van der Waals surface area contributed by atoms with Crippen molar-refractivity contribution < 1.29 is 122 Å². The smallest absolute Gasteiger partial charge is 0.338 e. The highest BCUT2D eigenvalue weighted by Gasteiger charge is 2.78. The molecule has 11 N–H and O–H groups in total. The number of nitrogens with two attached hydrogens (primary N) is 1. The fraction of sp³-hybridized carbons (Fsp3) is 0.446. The van der Waals surface area contributed by atoms with Gasteiger partial charge in [-0.2, -0.15) is 0 Å². The number of Topliss-reactive ketones (excluding diaryl/α,β-unsaturated/α-hetero) is 2. The Morgan fingerprint density at radius 3 is 1.95 bits per heavy atom. The molecule has 12 rings (SSSR count). The van der Waals surface area contributed by atoms with Gasteiger partial charge in [-0.3, -0.25) is 33.6 Å². The Bertz CT molecular complexity index is 4180. The molecule has 7 aliphatic rings. The standard InChI is InChI=1S/C47H51NO14.C27H29NO11.ClH/c1-25-31(60-43(56)36(52)35(28-16-10-7-11-17-28)48-41(54)29-18-12-8-13-19-29)23-47(57)40(61-42(55)30-20-14-9-15-21-30)38-45(6,32(51)22-33-46(38,24-58-33)62-27(3)50)39(53)37(59-26(2)49)34(25)44(47,4)5;1-10-22(31)13(28)6-17(38-10)39-15-8-27(36,16(30)9-29)7-12-19(15)26(35)21-20(24(12)33)23(32)11-4-3-5-14(37-2)18(11)25(21)34;/h7-21,31-33,35-38,40,51-52,57H,22-24H2,1-6H3,(H,48,54);3-5,10,13,15,17,22,29,31,33,35-36H,6-9,28H2,1-2H3;1H/t31-,32-,33+,35-,36+,37+,38-,40-,45+,46-,47+;10-,13-,15-,17-,22-,27-;/m00./s1. The van der Waals surface area contributed by atoms with Gasteiger partial charge >= 0.3 is 23.9 Å². The molecule has 1 amide bonds. The minimum atomic E-state index is -2.39. The molecular weight excluding hydrogens is 1350 g/mol. The maximum Gasteiger partial charge on any atom is 0.338 e. The summed E-state index contributed by atoms with van der Waals surface area (Å²) in [6.07, 6.45) is -15.6. The second-order valence-corrected chi connectivity index (χ2v) is 27.5. The predicted octanol–water partition coefficient (Wildman–Crippen LogP) is 4.16. The lowest BCUT2D eigenvalue weighted by atomic mass is 9.44. The molecule has 2 heterocycles. The Labute approximate surface area is 591 Å². The Kier molecular flexibility index (Phi) is 21.4. The van der Waals surface area contributed by atoms with Crippen molar-refractivity contribution in [2.45, 2.75) is 171 Å². The number of rotatable bonds is 15. The summed E-state index contributed by atoms with van der Waals surface area (Å²) in [7, 11) is 1.32. The van der Waals surface area contributed by atoms with E-state index in [1.807, 2.05) is 0 Å². The number of phenolic OH excluding ortho intramolecular Hbond substituents is 2. The summed E-state index contributed by atoms with van der Waals surface area (Å²) in [6, 6.07) is 26.6. The number of phenols is 2. The third-order valence-electron chi connectivity index (χ3n) is 21.3. The van der Waals surface area contributed by atoms with Crippen molar-refractivity contribution in [1.29, 1.82) is 0 Å². The molecule has 5 aromatic rings. The maximum absolute atomic E-state index is 15.5. The average Bonchev–Trinajstić information content (AvgIpc) is 0.669. The Balaban J connectivity index is 0.000000240. The van der Waals surface area contributed by atoms with Gasteiger partial charge in [-0.15, -0.1) is 12.4 Å². The lowest BCUT2D eigenvalue weighted by Gasteiger charge is -2.67. The van der Waals surface area contributed by atoms with Crippen LogP contribution in [0.2, 0.25) is 0 Å². The zero-order valence-corrected chi connectivity index (χ0v) is 57.7. The number of methoxy groups -OCH3 is 1. The quantitative estimate of drug-likeness (QED) is 0.0298. The van der Waals surface area contributed by atoms with E-state index in [1.165, 1.54) is 51.3 Å². The number of aromatic hydroxyl groups is 2. The third-order valence-corrected chi connectivity index (χ3v) is 21.3. The minimum Gasteiger partial charge on any atom is -0.507 e. The first-order valence-corrected chi connectivity index (χ1v) is 32.9. The van der Waals surface area contributed by atoms with Crippen molar-refractivity contribution in [2.24, 2.45) is 22.5 Å². The molecule has 4 fully saturated rings. The number of hydrogen-bond acceptors (Lipinski definition) is 26. The first kappa shape index (κ1) is 75.8. The van der Waals surface area contributed by atoms with Crippen LogP contribution in [0.3, 0.4) is 0 Å². The number of benzene rings is 5. The van der Waals surface area contributed by atoms with Crippen molar-refractivity contribution in [3.05, 3.63) is 170 Å². The number of carbonyl (C=O) groups is 9. The summed E-state index contributed by atoms with van der Waals surface area (Å²) in [5.41, 5.74) is -4.65.